The van der Waals surface area contributed by atoms with Crippen molar-refractivity contribution >= 4 is 18.1 Å². The van der Waals surface area contributed by atoms with Crippen molar-refractivity contribution in [2.45, 2.75) is 26.4 Å². The molecule has 1 fully saturated rings. The molecular weight excluding hydrogens is 256 g/mol. The summed E-state index contributed by atoms with van der Waals surface area (Å²) in [4.78, 5) is 30.4. The Kier molecular flexibility index (Phi) is 6.95. The lowest BCUT2D eigenvalue weighted by Crippen LogP contribution is -2.09. The quantitative estimate of drug-likeness (QED) is 0.590. The van der Waals surface area contributed by atoms with Gasteiger partial charge in [0.05, 0.1) is 0 Å². The third kappa shape index (κ3) is 7.58. The number of cyclic esters (lactones) is 2. The Balaban J connectivity index is 0.000000459. The summed E-state index contributed by atoms with van der Waals surface area (Å²) in [5.74, 6) is -1.90. The second kappa shape index (κ2) is 7.91. The van der Waals surface area contributed by atoms with Crippen LogP contribution in [0.4, 0.5) is 4.79 Å². The maximum atomic E-state index is 10.5. The lowest BCUT2D eigenvalue weighted by molar-refractivity contribution is -0.133. The summed E-state index contributed by atoms with van der Waals surface area (Å²) in [7, 11) is 0. The molecule has 1 aliphatic rings. The fourth-order valence-electron chi connectivity index (χ4n) is 0.877. The van der Waals surface area contributed by atoms with Crippen LogP contribution < -0.4 is 0 Å². The molecule has 1 atom stereocenters. The molecule has 0 saturated carbocycles. The van der Waals surface area contributed by atoms with Crippen molar-refractivity contribution in [1.29, 1.82) is 0 Å². The normalized spacial score (nSPS) is 17.7. The van der Waals surface area contributed by atoms with Crippen LogP contribution in [0.1, 0.15) is 20.3 Å². The van der Waals surface area contributed by atoms with Gasteiger partial charge >= 0.3 is 18.1 Å². The highest BCUT2D eigenvalue weighted by Crippen LogP contribution is 2.11. The molecule has 1 rings (SSSR count). The molecule has 0 radical (unpaired) electrons. The molecule has 1 unspecified atom stereocenters. The van der Waals surface area contributed by atoms with Gasteiger partial charge in [0.1, 0.15) is 12.7 Å². The highest BCUT2D eigenvalue weighted by Gasteiger charge is 2.23. The number of ether oxygens (including phenoxy) is 2. The first-order chi connectivity index (χ1) is 8.73. The maximum absolute atomic E-state index is 10.5. The van der Waals surface area contributed by atoms with Crippen LogP contribution in [0.2, 0.25) is 0 Å². The Morgan fingerprint density at radius 1 is 1.37 bits per heavy atom. The first kappa shape index (κ1) is 16.7. The fraction of sp³-hybridized carbons (Fsp3) is 0.417. The van der Waals surface area contributed by atoms with Crippen molar-refractivity contribution in [2.24, 2.45) is 0 Å². The van der Waals surface area contributed by atoms with E-state index in [0.29, 0.717) is 6.42 Å². The smallest absolute Gasteiger partial charge is 0.478 e. The zero-order valence-electron chi connectivity index (χ0n) is 10.7. The summed E-state index contributed by atoms with van der Waals surface area (Å²) in [6.45, 7) is 6.28. The summed E-state index contributed by atoms with van der Waals surface area (Å²) in [6, 6.07) is 0. The van der Waals surface area contributed by atoms with Crippen LogP contribution in [0, 0.1) is 0 Å². The van der Waals surface area contributed by atoms with Gasteiger partial charge in [-0.25, -0.2) is 14.4 Å². The van der Waals surface area contributed by atoms with Gasteiger partial charge in [-0.15, -0.1) is 0 Å². The van der Waals surface area contributed by atoms with Gasteiger partial charge in [0.25, 0.3) is 0 Å². The van der Waals surface area contributed by atoms with Gasteiger partial charge in [-0.1, -0.05) is 12.7 Å². The molecule has 1 aliphatic heterocycles. The molecule has 0 aromatic rings. The van der Waals surface area contributed by atoms with Crippen molar-refractivity contribution in [3.8, 4) is 0 Å². The zero-order valence-corrected chi connectivity index (χ0v) is 10.7. The van der Waals surface area contributed by atoms with Gasteiger partial charge < -0.3 is 19.7 Å². The lowest BCUT2D eigenvalue weighted by Gasteiger charge is -2.01. The van der Waals surface area contributed by atoms with Gasteiger partial charge in [-0.3, -0.25) is 0 Å². The Labute approximate surface area is 110 Å². The van der Waals surface area contributed by atoms with Gasteiger partial charge in [-0.2, -0.15) is 0 Å². The van der Waals surface area contributed by atoms with Gasteiger partial charge in [0, 0.05) is 17.6 Å². The maximum Gasteiger partial charge on any atom is 0.508 e. The molecule has 7 heteroatoms. The minimum absolute atomic E-state index is 0.176. The van der Waals surface area contributed by atoms with Crippen molar-refractivity contribution in [1.82, 2.24) is 0 Å². The van der Waals surface area contributed by atoms with Gasteiger partial charge in [0.2, 0.25) is 0 Å². The van der Waals surface area contributed by atoms with E-state index in [-0.39, 0.29) is 23.9 Å². The Bertz CT molecular complexity index is 396. The number of carbonyl (C=O) groups is 3. The number of hydrogen-bond acceptors (Lipinski definition) is 5. The molecule has 7 nitrogen and oxygen atoms in total. The summed E-state index contributed by atoms with van der Waals surface area (Å²) >= 11 is 0. The van der Waals surface area contributed by atoms with Crippen molar-refractivity contribution < 1.29 is 34.1 Å². The number of hydrogen-bond donors (Lipinski definition) is 2. The SMILES string of the molecule is C=C(C)C(=O)O.CC(=CCC1COC(=O)O1)C(=O)O. The molecule has 0 aromatic carbocycles. The molecule has 106 valence electrons. The van der Waals surface area contributed by atoms with Crippen LogP contribution in [0.5, 0.6) is 0 Å². The highest BCUT2D eigenvalue weighted by molar-refractivity contribution is 5.85. The van der Waals surface area contributed by atoms with E-state index < -0.39 is 18.1 Å². The van der Waals surface area contributed by atoms with Crippen LogP contribution in [0.3, 0.4) is 0 Å². The molecule has 0 aromatic heterocycles. The number of aliphatic carboxylic acids is 2. The van der Waals surface area contributed by atoms with E-state index in [4.69, 9.17) is 14.9 Å². The predicted molar refractivity (Wildman–Crippen MR) is 64.7 cm³/mol. The second-order valence-corrected chi connectivity index (χ2v) is 3.81. The molecule has 2 N–H and O–H groups in total. The average molecular weight is 272 g/mol. The minimum atomic E-state index is -0.967. The predicted octanol–water partition coefficient (Wildman–Crippen LogP) is 1.59. The molecule has 0 amide bonds. The Morgan fingerprint density at radius 2 is 1.89 bits per heavy atom. The van der Waals surface area contributed by atoms with E-state index in [1.165, 1.54) is 19.9 Å². The summed E-state index contributed by atoms with van der Waals surface area (Å²) in [5, 5.41) is 16.4. The first-order valence-corrected chi connectivity index (χ1v) is 5.36. The Hall–Kier alpha value is -2.31. The summed E-state index contributed by atoms with van der Waals surface area (Å²) < 4.78 is 9.21. The van der Waals surface area contributed by atoms with Crippen LogP contribution in [-0.4, -0.2) is 41.0 Å². The molecule has 0 aliphatic carbocycles. The van der Waals surface area contributed by atoms with E-state index in [1.54, 1.807) is 0 Å². The largest absolute Gasteiger partial charge is 0.508 e. The van der Waals surface area contributed by atoms with E-state index in [1.807, 2.05) is 0 Å². The van der Waals surface area contributed by atoms with Crippen molar-refractivity contribution in [2.75, 3.05) is 6.61 Å². The molecule has 19 heavy (non-hydrogen) atoms. The van der Waals surface area contributed by atoms with E-state index >= 15 is 0 Å². The third-order valence-corrected chi connectivity index (χ3v) is 2.04. The summed E-state index contributed by atoms with van der Waals surface area (Å²) in [6.07, 6.45) is 0.854. The fourth-order valence-corrected chi connectivity index (χ4v) is 0.877. The van der Waals surface area contributed by atoms with Crippen molar-refractivity contribution in [3.63, 3.8) is 0 Å². The minimum Gasteiger partial charge on any atom is -0.478 e. The van der Waals surface area contributed by atoms with Crippen molar-refractivity contribution in [3.05, 3.63) is 23.8 Å². The van der Waals surface area contributed by atoms with Crippen LogP contribution >= 0.6 is 0 Å². The molecule has 1 heterocycles. The monoisotopic (exact) mass is 272 g/mol. The second-order valence-electron chi connectivity index (χ2n) is 3.81. The Morgan fingerprint density at radius 3 is 2.21 bits per heavy atom. The van der Waals surface area contributed by atoms with Gasteiger partial charge in [0.15, 0.2) is 0 Å². The van der Waals surface area contributed by atoms with Crippen LogP contribution in [0.15, 0.2) is 23.8 Å². The lowest BCUT2D eigenvalue weighted by atomic mass is 10.2. The molecule has 0 spiro atoms. The number of rotatable bonds is 4. The van der Waals surface area contributed by atoms with E-state index in [9.17, 15) is 14.4 Å². The highest BCUT2D eigenvalue weighted by atomic mass is 16.8. The average Bonchev–Trinajstić information content (AvgIpc) is 2.72. The number of carbonyl (C=O) groups excluding carboxylic acids is 1. The number of carboxylic acids is 2. The van der Waals surface area contributed by atoms with E-state index in [2.05, 4.69) is 11.3 Å². The first-order valence-electron chi connectivity index (χ1n) is 5.36. The van der Waals surface area contributed by atoms with Crippen LogP contribution in [0.25, 0.3) is 0 Å². The van der Waals surface area contributed by atoms with E-state index in [0.717, 1.165) is 0 Å². The van der Waals surface area contributed by atoms with Gasteiger partial charge in [-0.05, 0) is 13.8 Å². The topological polar surface area (TPSA) is 110 Å². The molecule has 0 bridgehead atoms. The molecular formula is C12H16O7. The third-order valence-electron chi connectivity index (χ3n) is 2.04. The standard InChI is InChI=1S/C8H10O5.C4H6O2/c1-5(7(9)10)2-3-6-4-12-8(11)13-6;1-3(2)4(5)6/h2,6H,3-4H2,1H3,(H,9,10);1H2,2H3,(H,5,6). The zero-order chi connectivity index (χ0) is 15.0. The summed E-state index contributed by atoms with van der Waals surface area (Å²) in [5.41, 5.74) is 0.415. The molecule has 1 saturated heterocycles. The van der Waals surface area contributed by atoms with Crippen LogP contribution in [-0.2, 0) is 19.1 Å². The number of carboxylic acid groups (broad SMARTS) is 2.